The van der Waals surface area contributed by atoms with Gasteiger partial charge in [0.15, 0.2) is 0 Å². The van der Waals surface area contributed by atoms with Crippen molar-refractivity contribution in [3.05, 3.63) is 96.1 Å². The van der Waals surface area contributed by atoms with Gasteiger partial charge in [-0.1, -0.05) is 38.5 Å². The lowest BCUT2D eigenvalue weighted by molar-refractivity contribution is 0.245. The Morgan fingerprint density at radius 3 is 1.63 bits per heavy atom. The number of anilines is 2. The molecule has 0 spiro atoms. The van der Waals surface area contributed by atoms with Crippen molar-refractivity contribution in [1.82, 2.24) is 34.4 Å². The monoisotopic (exact) mass is 927 g/mol. The van der Waals surface area contributed by atoms with Crippen molar-refractivity contribution in [2.45, 2.75) is 144 Å². The molecule has 0 saturated heterocycles. The third-order valence-corrected chi connectivity index (χ3v) is 12.6. The molecule has 0 radical (unpaired) electrons. The van der Waals surface area contributed by atoms with Crippen LogP contribution in [-0.2, 0) is 30.7 Å². The van der Waals surface area contributed by atoms with Crippen molar-refractivity contribution >= 4 is 45.6 Å². The Balaban J connectivity index is 0.000000203. The van der Waals surface area contributed by atoms with Crippen LogP contribution in [0.1, 0.15) is 129 Å². The lowest BCUT2D eigenvalue weighted by Crippen LogP contribution is -2.40. The van der Waals surface area contributed by atoms with E-state index < -0.39 is 0 Å². The normalized spacial score (nSPS) is 14.1. The Hall–Kier alpha value is -6.27. The summed E-state index contributed by atoms with van der Waals surface area (Å²) in [5, 5.41) is 8.39. The molecule has 2 aliphatic carbocycles. The van der Waals surface area contributed by atoms with Crippen LogP contribution in [0.5, 0.6) is 11.5 Å². The van der Waals surface area contributed by atoms with E-state index in [-0.39, 0.29) is 18.1 Å². The molecule has 2 aliphatic rings. The van der Waals surface area contributed by atoms with E-state index in [9.17, 15) is 9.59 Å². The molecule has 14 heteroatoms. The number of aromatic nitrogens is 6. The van der Waals surface area contributed by atoms with E-state index in [0.29, 0.717) is 19.1 Å². The van der Waals surface area contributed by atoms with Crippen molar-refractivity contribution in [2.75, 3.05) is 37.5 Å². The van der Waals surface area contributed by atoms with Gasteiger partial charge in [-0.15, -0.1) is 0 Å². The number of urea groups is 1. The molecule has 68 heavy (non-hydrogen) atoms. The summed E-state index contributed by atoms with van der Waals surface area (Å²) in [6.45, 7) is 14.9. The van der Waals surface area contributed by atoms with Gasteiger partial charge in [0.05, 0.1) is 55.4 Å². The van der Waals surface area contributed by atoms with Crippen LogP contribution in [0.15, 0.2) is 78.3 Å². The maximum Gasteiger partial charge on any atom is 0.321 e. The van der Waals surface area contributed by atoms with Gasteiger partial charge in [0.2, 0.25) is 6.08 Å². The van der Waals surface area contributed by atoms with Crippen LogP contribution in [0.4, 0.5) is 16.2 Å². The number of carbonyl (C=O) groups is 1. The molecule has 0 bridgehead atoms. The van der Waals surface area contributed by atoms with Gasteiger partial charge >= 0.3 is 6.03 Å². The molecule has 8 rings (SSSR count). The largest absolute Gasteiger partial charge is 0.492 e. The average molecular weight is 927 g/mol. The summed E-state index contributed by atoms with van der Waals surface area (Å²) in [5.74, 6) is 3.05. The second kappa shape index (κ2) is 25.7. The van der Waals surface area contributed by atoms with E-state index >= 15 is 0 Å². The van der Waals surface area contributed by atoms with Gasteiger partial charge in [0.25, 0.3) is 0 Å². The van der Waals surface area contributed by atoms with Crippen molar-refractivity contribution in [1.29, 1.82) is 0 Å². The first-order valence-corrected chi connectivity index (χ1v) is 24.9. The zero-order valence-electron chi connectivity index (χ0n) is 41.8. The molecule has 14 nitrogen and oxygen atoms in total. The maximum atomic E-state index is 12.5. The first kappa shape index (κ1) is 51.1. The number of aliphatic imine (C=N–C) groups is 1. The zero-order chi connectivity index (χ0) is 48.4. The molecule has 0 aliphatic heterocycles. The predicted octanol–water partition coefficient (Wildman–Crippen LogP) is 11.3. The Morgan fingerprint density at radius 1 is 0.721 bits per heavy atom. The molecule has 6 aromatic rings. The third kappa shape index (κ3) is 14.6. The number of carbonyl (C=O) groups excluding carboxylic acids is 2. The molecular formula is C54H74N10O4. The lowest BCUT2D eigenvalue weighted by Gasteiger charge is -2.23. The molecule has 2 amide bonds. The second-order valence-electron chi connectivity index (χ2n) is 18.7. The highest BCUT2D eigenvalue weighted by Crippen LogP contribution is 2.32. The van der Waals surface area contributed by atoms with E-state index in [0.717, 1.165) is 82.8 Å². The zero-order valence-corrected chi connectivity index (χ0v) is 41.8. The van der Waals surface area contributed by atoms with Gasteiger partial charge in [-0.3, -0.25) is 14.9 Å². The van der Waals surface area contributed by atoms with E-state index in [4.69, 9.17) is 19.4 Å². The van der Waals surface area contributed by atoms with E-state index in [1.807, 2.05) is 79.2 Å². The Kier molecular flexibility index (Phi) is 19.4. The standard InChI is InChI=1S/C27H37N5O2.C23H30N4O.C4H7NO/c1-5-34-25-12-11-22(28-17-25)15-23-13-21-14-24(31(4)27(33)30-19(2)3)16-29-26(21)32(23)18-20-9-7-6-8-10-20;1-3-28-22-10-9-19(25-15-22)13-21-12-18-11-20(24-2)14-26-23(18)27(21)16-17-7-5-4-6-8-17;1-4(2)5-3-6/h11-14,16-17,19-20H,5-10,15,18H2,1-4H3,(H,30,33);9-12,14-15,17,24H,3-8,13,16H2,1-2H3;4H,1-2H3. The number of pyridine rings is 4. The lowest BCUT2D eigenvalue weighted by atomic mass is 9.89. The van der Waals surface area contributed by atoms with Crippen LogP contribution < -0.4 is 25.0 Å². The van der Waals surface area contributed by atoms with Crippen LogP contribution in [-0.4, -0.2) is 80.6 Å². The molecule has 0 aromatic carbocycles. The second-order valence-corrected chi connectivity index (χ2v) is 18.7. The van der Waals surface area contributed by atoms with E-state index in [2.05, 4.69) is 65.1 Å². The number of ether oxygens (including phenoxy) is 2. The number of isocyanates is 1. The fourth-order valence-corrected chi connectivity index (χ4v) is 9.14. The van der Waals surface area contributed by atoms with Gasteiger partial charge in [0.1, 0.15) is 22.8 Å². The number of rotatable bonds is 16. The van der Waals surface area contributed by atoms with E-state index in [1.165, 1.54) is 87.1 Å². The summed E-state index contributed by atoms with van der Waals surface area (Å²) in [5.41, 5.74) is 8.46. The average Bonchev–Trinajstić information content (AvgIpc) is 3.85. The van der Waals surface area contributed by atoms with Gasteiger partial charge < -0.3 is 29.2 Å². The SMILES string of the molecule is CC(C)N=C=O.CCOc1ccc(Cc2cc3cc(N(C)C(=O)NC(C)C)cnc3n2CC2CCCCC2)nc1.CCOc1ccc(Cc2cc3cc(NC)cnc3n2CC2CCCCC2)nc1. The molecule has 6 heterocycles. The van der Waals surface area contributed by atoms with Crippen molar-refractivity contribution < 1.29 is 19.1 Å². The molecule has 0 unspecified atom stereocenters. The summed E-state index contributed by atoms with van der Waals surface area (Å²) < 4.78 is 15.9. The van der Waals surface area contributed by atoms with Gasteiger partial charge in [-0.05, 0) is 128 Å². The highest BCUT2D eigenvalue weighted by Gasteiger charge is 2.22. The maximum absolute atomic E-state index is 12.5. The quantitative estimate of drug-likeness (QED) is 0.0713. The number of hydrogen-bond donors (Lipinski definition) is 2. The molecule has 364 valence electrons. The fraction of sp³-hybridized carbons (Fsp3) is 0.519. The first-order chi connectivity index (χ1) is 33.0. The molecule has 0 atom stereocenters. The summed E-state index contributed by atoms with van der Waals surface area (Å²) >= 11 is 0. The third-order valence-electron chi connectivity index (χ3n) is 12.6. The minimum Gasteiger partial charge on any atom is -0.492 e. The highest BCUT2D eigenvalue weighted by atomic mass is 16.5. The number of nitrogens with zero attached hydrogens (tertiary/aromatic N) is 8. The first-order valence-electron chi connectivity index (χ1n) is 24.9. The van der Waals surface area contributed by atoms with Crippen molar-refractivity contribution in [3.8, 4) is 11.5 Å². The predicted molar refractivity (Wildman–Crippen MR) is 274 cm³/mol. The van der Waals surface area contributed by atoms with Gasteiger partial charge in [-0.2, -0.15) is 0 Å². The number of fused-ring (bicyclic) bond motifs is 2. The van der Waals surface area contributed by atoms with Crippen LogP contribution in [0.25, 0.3) is 22.1 Å². The van der Waals surface area contributed by atoms with Crippen molar-refractivity contribution in [3.63, 3.8) is 0 Å². The Morgan fingerprint density at radius 2 is 1.22 bits per heavy atom. The Labute approximate surface area is 403 Å². The summed E-state index contributed by atoms with van der Waals surface area (Å²) in [4.78, 5) is 45.6. The van der Waals surface area contributed by atoms with Crippen LogP contribution in [0.2, 0.25) is 0 Å². The van der Waals surface area contributed by atoms with Crippen LogP contribution in [0, 0.1) is 11.8 Å². The number of amides is 2. The molecule has 2 fully saturated rings. The van der Waals surface area contributed by atoms with E-state index in [1.54, 1.807) is 24.3 Å². The smallest absolute Gasteiger partial charge is 0.321 e. The van der Waals surface area contributed by atoms with Gasteiger partial charge in [0, 0.05) is 79.6 Å². The number of nitrogens with one attached hydrogen (secondary N) is 2. The molecular weight excluding hydrogens is 853 g/mol. The summed E-state index contributed by atoms with van der Waals surface area (Å²) in [7, 11) is 3.72. The fourth-order valence-electron chi connectivity index (χ4n) is 9.14. The van der Waals surface area contributed by atoms with Gasteiger partial charge in [-0.25, -0.2) is 24.5 Å². The molecule has 6 aromatic heterocycles. The molecule has 2 N–H and O–H groups in total. The Bertz CT molecular complexity index is 2530. The highest BCUT2D eigenvalue weighted by molar-refractivity contribution is 5.93. The topological polar surface area (TPSA) is 154 Å². The van der Waals surface area contributed by atoms with Crippen LogP contribution in [0.3, 0.4) is 0 Å². The van der Waals surface area contributed by atoms with Crippen LogP contribution >= 0.6 is 0 Å². The summed E-state index contributed by atoms with van der Waals surface area (Å²) in [6, 6.07) is 16.9. The minimum absolute atomic E-state index is 0.0800. The summed E-state index contributed by atoms with van der Waals surface area (Å²) in [6.07, 6.45) is 23.6. The van der Waals surface area contributed by atoms with Crippen molar-refractivity contribution in [2.24, 2.45) is 16.8 Å². The molecule has 2 saturated carbocycles. The number of hydrogen-bond acceptors (Lipinski definition) is 10. The minimum atomic E-state index is -0.128.